The molecule has 2 aromatic heterocycles. The molecule has 0 bridgehead atoms. The van der Waals surface area contributed by atoms with Gasteiger partial charge in [-0.2, -0.15) is 0 Å². The number of nitrogens with one attached hydrogen (secondary N) is 1. The van der Waals surface area contributed by atoms with E-state index in [0.717, 1.165) is 41.7 Å². The van der Waals surface area contributed by atoms with E-state index in [-0.39, 0.29) is 11.9 Å². The molecule has 1 amide bonds. The SMILES string of the molecule is Cc1nc(CC(=O)N[C@@H]2CCc3nnc(C(C)C)n3C2)cs1. The van der Waals surface area contributed by atoms with Crippen LogP contribution in [0.25, 0.3) is 0 Å². The molecule has 7 heteroatoms. The van der Waals surface area contributed by atoms with E-state index >= 15 is 0 Å². The van der Waals surface area contributed by atoms with Gasteiger partial charge < -0.3 is 9.88 Å². The Kier molecular flexibility index (Phi) is 4.24. The Morgan fingerprint density at radius 2 is 2.32 bits per heavy atom. The monoisotopic (exact) mass is 319 g/mol. The quantitative estimate of drug-likeness (QED) is 0.933. The van der Waals surface area contributed by atoms with Crippen LogP contribution >= 0.6 is 11.3 Å². The molecule has 1 atom stereocenters. The van der Waals surface area contributed by atoms with Gasteiger partial charge >= 0.3 is 0 Å². The number of amides is 1. The number of fused-ring (bicyclic) bond motifs is 1. The average molecular weight is 319 g/mol. The van der Waals surface area contributed by atoms with Crippen LogP contribution in [0.4, 0.5) is 0 Å². The number of hydrogen-bond donors (Lipinski definition) is 1. The Morgan fingerprint density at radius 1 is 1.50 bits per heavy atom. The normalized spacial score (nSPS) is 17.5. The summed E-state index contributed by atoms with van der Waals surface area (Å²) in [4.78, 5) is 16.5. The van der Waals surface area contributed by atoms with Gasteiger partial charge in [0.25, 0.3) is 0 Å². The third kappa shape index (κ3) is 3.19. The van der Waals surface area contributed by atoms with Crippen LogP contribution in [0.5, 0.6) is 0 Å². The Morgan fingerprint density at radius 3 is 3.00 bits per heavy atom. The molecule has 2 aromatic rings. The van der Waals surface area contributed by atoms with Gasteiger partial charge in [-0.3, -0.25) is 4.79 Å². The van der Waals surface area contributed by atoms with Crippen molar-refractivity contribution in [2.75, 3.05) is 0 Å². The predicted octanol–water partition coefficient (Wildman–Crippen LogP) is 1.84. The lowest BCUT2D eigenvalue weighted by Gasteiger charge is -2.25. The first-order chi connectivity index (χ1) is 10.5. The first-order valence-electron chi connectivity index (χ1n) is 7.65. The van der Waals surface area contributed by atoms with Crippen molar-refractivity contribution in [1.29, 1.82) is 0 Å². The van der Waals surface area contributed by atoms with Crippen LogP contribution < -0.4 is 5.32 Å². The molecule has 0 aromatic carbocycles. The largest absolute Gasteiger partial charge is 0.351 e. The highest BCUT2D eigenvalue weighted by Gasteiger charge is 2.25. The van der Waals surface area contributed by atoms with Crippen molar-refractivity contribution in [1.82, 2.24) is 25.1 Å². The summed E-state index contributed by atoms with van der Waals surface area (Å²) < 4.78 is 2.16. The van der Waals surface area contributed by atoms with Crippen LogP contribution in [-0.2, 0) is 24.2 Å². The molecule has 3 heterocycles. The molecule has 0 unspecified atom stereocenters. The molecule has 0 saturated heterocycles. The van der Waals surface area contributed by atoms with Crippen molar-refractivity contribution in [2.24, 2.45) is 0 Å². The van der Waals surface area contributed by atoms with E-state index in [1.165, 1.54) is 0 Å². The van der Waals surface area contributed by atoms with E-state index in [4.69, 9.17) is 0 Å². The summed E-state index contributed by atoms with van der Waals surface area (Å²) >= 11 is 1.58. The molecule has 0 aliphatic carbocycles. The van der Waals surface area contributed by atoms with Crippen LogP contribution in [0.3, 0.4) is 0 Å². The summed E-state index contributed by atoms with van der Waals surface area (Å²) in [7, 11) is 0. The zero-order valence-corrected chi connectivity index (χ0v) is 14.0. The Balaban J connectivity index is 1.62. The van der Waals surface area contributed by atoms with Crippen LogP contribution in [0.15, 0.2) is 5.38 Å². The van der Waals surface area contributed by atoms with Crippen molar-refractivity contribution in [2.45, 2.75) is 58.5 Å². The lowest BCUT2D eigenvalue weighted by atomic mass is 10.1. The van der Waals surface area contributed by atoms with E-state index in [1.807, 2.05) is 12.3 Å². The summed E-state index contributed by atoms with van der Waals surface area (Å²) in [5, 5.41) is 14.6. The second-order valence-corrected chi connectivity index (χ2v) is 7.14. The first kappa shape index (κ1) is 15.1. The van der Waals surface area contributed by atoms with Crippen LogP contribution in [-0.4, -0.2) is 31.7 Å². The summed E-state index contributed by atoms with van der Waals surface area (Å²) in [6.45, 7) is 6.94. The molecule has 1 aliphatic heterocycles. The lowest BCUT2D eigenvalue weighted by Crippen LogP contribution is -2.42. The highest BCUT2D eigenvalue weighted by Crippen LogP contribution is 2.20. The Hall–Kier alpha value is -1.76. The zero-order valence-electron chi connectivity index (χ0n) is 13.2. The van der Waals surface area contributed by atoms with E-state index < -0.39 is 0 Å². The van der Waals surface area contributed by atoms with Gasteiger partial charge in [0.2, 0.25) is 5.91 Å². The number of hydrogen-bond acceptors (Lipinski definition) is 5. The van der Waals surface area contributed by atoms with Gasteiger partial charge in [0, 0.05) is 30.3 Å². The van der Waals surface area contributed by atoms with Crippen molar-refractivity contribution >= 4 is 17.2 Å². The van der Waals surface area contributed by atoms with Crippen molar-refractivity contribution in [3.05, 3.63) is 27.7 Å². The van der Waals surface area contributed by atoms with Gasteiger partial charge in [-0.05, 0) is 13.3 Å². The van der Waals surface area contributed by atoms with Gasteiger partial charge in [-0.1, -0.05) is 13.8 Å². The number of carbonyl (C=O) groups excluding carboxylic acids is 1. The van der Waals surface area contributed by atoms with E-state index in [0.29, 0.717) is 12.3 Å². The molecule has 0 radical (unpaired) electrons. The average Bonchev–Trinajstić information content (AvgIpc) is 3.04. The molecule has 0 fully saturated rings. The Bertz CT molecular complexity index is 675. The maximum absolute atomic E-state index is 12.2. The fourth-order valence-electron chi connectivity index (χ4n) is 2.83. The highest BCUT2D eigenvalue weighted by molar-refractivity contribution is 7.09. The van der Waals surface area contributed by atoms with E-state index in [9.17, 15) is 4.79 Å². The van der Waals surface area contributed by atoms with E-state index in [1.54, 1.807) is 11.3 Å². The maximum Gasteiger partial charge on any atom is 0.226 e. The molecular formula is C15H21N5OS. The fraction of sp³-hybridized carbons (Fsp3) is 0.600. The lowest BCUT2D eigenvalue weighted by molar-refractivity contribution is -0.121. The predicted molar refractivity (Wildman–Crippen MR) is 84.9 cm³/mol. The minimum atomic E-state index is 0.0397. The van der Waals surface area contributed by atoms with Crippen molar-refractivity contribution < 1.29 is 4.79 Å². The number of nitrogens with zero attached hydrogens (tertiary/aromatic N) is 4. The molecule has 0 saturated carbocycles. The molecule has 22 heavy (non-hydrogen) atoms. The molecule has 3 rings (SSSR count). The molecule has 0 spiro atoms. The van der Waals surface area contributed by atoms with Gasteiger partial charge in [-0.15, -0.1) is 21.5 Å². The molecule has 118 valence electrons. The number of aryl methyl sites for hydroxylation is 2. The number of carbonyl (C=O) groups is 1. The summed E-state index contributed by atoms with van der Waals surface area (Å²) in [6.07, 6.45) is 2.13. The molecular weight excluding hydrogens is 298 g/mol. The number of rotatable bonds is 4. The molecule has 1 N–H and O–H groups in total. The van der Waals surface area contributed by atoms with Gasteiger partial charge in [0.15, 0.2) is 0 Å². The van der Waals surface area contributed by atoms with Gasteiger partial charge in [-0.25, -0.2) is 4.98 Å². The second kappa shape index (κ2) is 6.16. The van der Waals surface area contributed by atoms with Gasteiger partial charge in [0.05, 0.1) is 17.1 Å². The Labute approximate surface area is 134 Å². The minimum Gasteiger partial charge on any atom is -0.351 e. The van der Waals surface area contributed by atoms with Crippen molar-refractivity contribution in [3.8, 4) is 0 Å². The third-order valence-corrected chi connectivity index (χ3v) is 4.69. The molecule has 1 aliphatic rings. The van der Waals surface area contributed by atoms with Crippen LogP contribution in [0.1, 0.15) is 48.5 Å². The second-order valence-electron chi connectivity index (χ2n) is 6.08. The van der Waals surface area contributed by atoms with Crippen molar-refractivity contribution in [3.63, 3.8) is 0 Å². The molecule has 6 nitrogen and oxygen atoms in total. The third-order valence-electron chi connectivity index (χ3n) is 3.87. The highest BCUT2D eigenvalue weighted by atomic mass is 32.1. The summed E-state index contributed by atoms with van der Waals surface area (Å²) in [5.41, 5.74) is 0.851. The standard InChI is InChI=1S/C15H21N5OS/c1-9(2)15-19-18-13-5-4-11(7-20(13)15)17-14(21)6-12-8-22-10(3)16-12/h8-9,11H,4-7H2,1-3H3,(H,17,21)/t11-/m1/s1. The van der Waals surface area contributed by atoms with E-state index in [2.05, 4.69) is 38.9 Å². The zero-order chi connectivity index (χ0) is 15.7. The first-order valence-corrected chi connectivity index (χ1v) is 8.53. The van der Waals surface area contributed by atoms with Crippen LogP contribution in [0, 0.1) is 6.92 Å². The van der Waals surface area contributed by atoms with Gasteiger partial charge in [0.1, 0.15) is 11.6 Å². The fourth-order valence-corrected chi connectivity index (χ4v) is 3.44. The van der Waals surface area contributed by atoms with Crippen LogP contribution in [0.2, 0.25) is 0 Å². The topological polar surface area (TPSA) is 72.7 Å². The number of thiazole rings is 1. The smallest absolute Gasteiger partial charge is 0.226 e. The maximum atomic E-state index is 12.2. The minimum absolute atomic E-state index is 0.0397. The number of aromatic nitrogens is 4. The summed E-state index contributed by atoms with van der Waals surface area (Å²) in [5.74, 6) is 2.42. The summed E-state index contributed by atoms with van der Waals surface area (Å²) in [6, 6.07) is 0.147.